The van der Waals surface area contributed by atoms with E-state index < -0.39 is 0 Å². The first-order chi connectivity index (χ1) is 12.4. The molecule has 10 heteroatoms. The minimum absolute atomic E-state index is 0. The number of hydrogen-bond donors (Lipinski definition) is 0. The van der Waals surface area contributed by atoms with Crippen molar-refractivity contribution in [3.05, 3.63) is 16.3 Å². The second-order valence-electron chi connectivity index (χ2n) is 7.52. The van der Waals surface area contributed by atoms with Crippen LogP contribution >= 0.6 is 0 Å². The van der Waals surface area contributed by atoms with Gasteiger partial charge in [-0.3, -0.25) is 15.7 Å². The second-order valence-corrected chi connectivity index (χ2v) is 7.52. The normalized spacial score (nSPS) is 11.4. The molecule has 0 radical (unpaired) electrons. The quantitative estimate of drug-likeness (QED) is 0.235. The van der Waals surface area contributed by atoms with Gasteiger partial charge in [0.1, 0.15) is 0 Å². The van der Waals surface area contributed by atoms with Crippen molar-refractivity contribution in [2.24, 2.45) is 31.0 Å². The van der Waals surface area contributed by atoms with Crippen molar-refractivity contribution in [1.82, 2.24) is 0 Å². The number of nitrogens with zero attached hydrogens (tertiary/aromatic N) is 9. The van der Waals surface area contributed by atoms with Crippen molar-refractivity contribution < 1.29 is 0 Å². The summed E-state index contributed by atoms with van der Waals surface area (Å²) >= 11 is 0. The molecule has 0 saturated heterocycles. The predicted octanol–water partition coefficient (Wildman–Crippen LogP) is 7.25. The largest absolute Gasteiger partial charge is 3.00 e. The van der Waals surface area contributed by atoms with Gasteiger partial charge in [-0.25, -0.2) is 0 Å². The zero-order valence-electron chi connectivity index (χ0n) is 20.1. The molecule has 0 saturated carbocycles. The third-order valence-corrected chi connectivity index (χ3v) is 1.70. The van der Waals surface area contributed by atoms with Crippen LogP contribution in [0.3, 0.4) is 0 Å². The van der Waals surface area contributed by atoms with E-state index in [4.69, 9.17) is 0 Å². The first-order valence-corrected chi connectivity index (χ1v) is 9.68. The Labute approximate surface area is 192 Å². The third-order valence-electron chi connectivity index (χ3n) is 1.70. The molecule has 0 amide bonds. The molecule has 0 aromatic heterocycles. The molecule has 0 aliphatic rings. The molecular weight excluding hydrogens is 457 g/mol. The van der Waals surface area contributed by atoms with Crippen LogP contribution in [0.1, 0.15) is 83.1 Å². The maximum absolute atomic E-state index is 3.82. The Morgan fingerprint density at radius 1 is 0.393 bits per heavy atom. The van der Waals surface area contributed by atoms with E-state index in [1.807, 2.05) is 83.1 Å². The Balaban J connectivity index is -0.000000152. The number of rotatable bonds is 9. The summed E-state index contributed by atoms with van der Waals surface area (Å²) in [5.74, 6) is 0. The fraction of sp³-hybridized carbons (Fsp3) is 1.00. The van der Waals surface area contributed by atoms with Crippen molar-refractivity contribution in [2.45, 2.75) is 119 Å². The van der Waals surface area contributed by atoms with E-state index in [9.17, 15) is 0 Å². The van der Waals surface area contributed by atoms with Gasteiger partial charge in [0.05, 0.1) is 0 Å². The van der Waals surface area contributed by atoms with Crippen LogP contribution in [0.4, 0.5) is 0 Å². The van der Waals surface area contributed by atoms with E-state index in [0.717, 1.165) is 0 Å². The summed E-state index contributed by atoms with van der Waals surface area (Å²) in [6, 6.07) is 1.54. The SMILES string of the molecule is CC(C)N=N[N-]C(C)C.CC(C)N=N[N-]C(C)C.CC(C)N=N[N-]C(C)C.[In+3]. The Morgan fingerprint density at radius 2 is 0.571 bits per heavy atom. The topological polar surface area (TPSA) is 116 Å². The maximum Gasteiger partial charge on any atom is 3.00 e. The zero-order chi connectivity index (χ0) is 21.8. The summed E-state index contributed by atoms with van der Waals surface area (Å²) in [5.41, 5.74) is 11.5. The van der Waals surface area contributed by atoms with E-state index in [0.29, 0.717) is 0 Å². The predicted molar refractivity (Wildman–Crippen MR) is 121 cm³/mol. The molecule has 0 unspecified atom stereocenters. The molecule has 0 aromatic rings. The van der Waals surface area contributed by atoms with Crippen LogP contribution in [-0.4, -0.2) is 62.1 Å². The molecule has 0 bridgehead atoms. The minimum atomic E-state index is 0. The average molecular weight is 499 g/mol. The fourth-order valence-electron chi connectivity index (χ4n) is 0.709. The van der Waals surface area contributed by atoms with Crippen LogP contribution in [-0.2, 0) is 0 Å². The molecule has 0 heterocycles. The van der Waals surface area contributed by atoms with Crippen molar-refractivity contribution in [3.63, 3.8) is 0 Å². The molecule has 0 aliphatic carbocycles. The van der Waals surface area contributed by atoms with E-state index in [1.54, 1.807) is 0 Å². The van der Waals surface area contributed by atoms with Crippen LogP contribution in [0.15, 0.2) is 31.0 Å². The van der Waals surface area contributed by atoms with Crippen molar-refractivity contribution in [3.8, 4) is 0 Å². The Bertz CT molecular complexity index is 322. The molecule has 0 rings (SSSR count). The van der Waals surface area contributed by atoms with Gasteiger partial charge >= 0.3 is 25.8 Å². The summed E-state index contributed by atoms with van der Waals surface area (Å²) < 4.78 is 0. The van der Waals surface area contributed by atoms with Gasteiger partial charge in [-0.2, -0.15) is 0 Å². The van der Waals surface area contributed by atoms with Gasteiger partial charge in [-0.05, 0) is 36.3 Å². The van der Waals surface area contributed by atoms with Gasteiger partial charge < -0.3 is 31.6 Å². The van der Waals surface area contributed by atoms with Crippen LogP contribution in [0.25, 0.3) is 16.3 Å². The van der Waals surface area contributed by atoms with E-state index in [2.05, 4.69) is 47.3 Å². The fourth-order valence-corrected chi connectivity index (χ4v) is 0.709. The van der Waals surface area contributed by atoms with Crippen LogP contribution in [0.2, 0.25) is 0 Å². The summed E-state index contributed by atoms with van der Waals surface area (Å²) in [4.78, 5) is 0. The monoisotopic (exact) mass is 499 g/mol. The van der Waals surface area contributed by atoms with Gasteiger partial charge in [0.25, 0.3) is 0 Å². The second kappa shape index (κ2) is 24.1. The first-order valence-electron chi connectivity index (χ1n) is 9.68. The summed E-state index contributed by atoms with van der Waals surface area (Å²) in [6.07, 6.45) is 0. The molecular formula is C18H42InN9. The smallest absolute Gasteiger partial charge is 0.379 e. The van der Waals surface area contributed by atoms with Crippen LogP contribution in [0.5, 0.6) is 0 Å². The van der Waals surface area contributed by atoms with Gasteiger partial charge in [0.2, 0.25) is 0 Å². The van der Waals surface area contributed by atoms with Gasteiger partial charge in [0, 0.05) is 0 Å². The Morgan fingerprint density at radius 3 is 0.679 bits per heavy atom. The van der Waals surface area contributed by atoms with Crippen LogP contribution in [0, 0.1) is 0 Å². The van der Waals surface area contributed by atoms with E-state index in [-0.39, 0.29) is 62.1 Å². The summed E-state index contributed by atoms with van der Waals surface area (Å²) in [7, 11) is 0. The molecule has 28 heavy (non-hydrogen) atoms. The molecule has 162 valence electrons. The van der Waals surface area contributed by atoms with Crippen molar-refractivity contribution in [1.29, 1.82) is 0 Å². The summed E-state index contributed by atoms with van der Waals surface area (Å²) in [6.45, 7) is 23.7. The van der Waals surface area contributed by atoms with Crippen molar-refractivity contribution >= 4 is 25.8 Å². The third kappa shape index (κ3) is 49.8. The molecule has 0 spiro atoms. The van der Waals surface area contributed by atoms with Gasteiger partial charge in [0.15, 0.2) is 0 Å². The van der Waals surface area contributed by atoms with Gasteiger partial charge in [-0.1, -0.05) is 83.1 Å². The van der Waals surface area contributed by atoms with Crippen molar-refractivity contribution in [2.75, 3.05) is 0 Å². The minimum Gasteiger partial charge on any atom is -0.379 e. The Kier molecular flexibility index (Phi) is 29.8. The molecule has 0 aliphatic heterocycles. The van der Waals surface area contributed by atoms with Gasteiger partial charge in [-0.15, -0.1) is 0 Å². The van der Waals surface area contributed by atoms with E-state index in [1.165, 1.54) is 0 Å². The average Bonchev–Trinajstić information content (AvgIpc) is 2.46. The molecule has 0 fully saturated rings. The van der Waals surface area contributed by atoms with Crippen LogP contribution < -0.4 is 0 Å². The summed E-state index contributed by atoms with van der Waals surface area (Å²) in [5, 5.41) is 22.3. The first kappa shape index (κ1) is 34.6. The standard InChI is InChI=1S/3C6H14N3.In/c3*1-5(2)7-9-8-6(3)4;/h3*5-6H,1-4H3;/q3*-1;+3. The van der Waals surface area contributed by atoms with E-state index >= 15 is 0 Å². The molecule has 0 aromatic carbocycles. The Hall–Kier alpha value is -0.930. The molecule has 0 atom stereocenters. The maximum atomic E-state index is 3.82. The molecule has 0 N–H and O–H groups in total. The molecule has 9 nitrogen and oxygen atoms in total. The zero-order valence-corrected chi connectivity index (χ0v) is 23.4. The number of hydrogen-bond acceptors (Lipinski definition) is 6.